The van der Waals surface area contributed by atoms with Crippen molar-refractivity contribution in [2.75, 3.05) is 19.8 Å². The highest BCUT2D eigenvalue weighted by atomic mass is 16.3. The van der Waals surface area contributed by atoms with Crippen molar-refractivity contribution in [2.45, 2.75) is 25.8 Å². The minimum absolute atomic E-state index is 0.0316. The summed E-state index contributed by atoms with van der Waals surface area (Å²) in [4.78, 5) is 0. The average molecular weight is 237 g/mol. The van der Waals surface area contributed by atoms with E-state index in [1.165, 1.54) is 5.56 Å². The molecule has 0 radical (unpaired) electrons. The largest absolute Gasteiger partial charge is 0.395 e. The topological polar surface area (TPSA) is 52.5 Å². The molecule has 0 amide bonds. The molecule has 3 nitrogen and oxygen atoms in total. The zero-order valence-corrected chi connectivity index (χ0v) is 10.6. The van der Waals surface area contributed by atoms with Crippen LogP contribution < -0.4 is 5.32 Å². The standard InChI is InChI=1S/C14H23NO2/c1-11(2)14(8-15-13(9-16)10-17)12-6-4-3-5-7-12/h3-7,11,13-17H,8-10H2,1-2H3. The maximum Gasteiger partial charge on any atom is 0.0607 e. The molecule has 1 atom stereocenters. The lowest BCUT2D eigenvalue weighted by Gasteiger charge is -2.24. The van der Waals surface area contributed by atoms with Crippen LogP contribution in [0.2, 0.25) is 0 Å². The Labute approximate surface area is 103 Å². The maximum atomic E-state index is 9.03. The van der Waals surface area contributed by atoms with E-state index in [-0.39, 0.29) is 19.3 Å². The molecule has 1 unspecified atom stereocenters. The minimum atomic E-state index is -0.222. The minimum Gasteiger partial charge on any atom is -0.395 e. The summed E-state index contributed by atoms with van der Waals surface area (Å²) in [7, 11) is 0. The van der Waals surface area contributed by atoms with E-state index in [9.17, 15) is 0 Å². The molecule has 1 aromatic rings. The van der Waals surface area contributed by atoms with Gasteiger partial charge in [0.15, 0.2) is 0 Å². The van der Waals surface area contributed by atoms with Crippen molar-refractivity contribution >= 4 is 0 Å². The van der Waals surface area contributed by atoms with Crippen LogP contribution in [0, 0.1) is 5.92 Å². The summed E-state index contributed by atoms with van der Waals surface area (Å²) in [5.41, 5.74) is 1.30. The average Bonchev–Trinajstić information content (AvgIpc) is 2.35. The smallest absolute Gasteiger partial charge is 0.0607 e. The Balaban J connectivity index is 2.62. The summed E-state index contributed by atoms with van der Waals surface area (Å²) in [6.07, 6.45) is 0. The molecular weight excluding hydrogens is 214 g/mol. The Morgan fingerprint density at radius 3 is 2.12 bits per heavy atom. The summed E-state index contributed by atoms with van der Waals surface area (Å²) < 4.78 is 0. The third kappa shape index (κ3) is 4.46. The predicted octanol–water partition coefficient (Wildman–Crippen LogP) is 1.37. The fourth-order valence-electron chi connectivity index (χ4n) is 1.92. The maximum absolute atomic E-state index is 9.03. The van der Waals surface area contributed by atoms with Crippen LogP contribution in [-0.2, 0) is 0 Å². The molecule has 0 aliphatic rings. The first-order chi connectivity index (χ1) is 8.19. The van der Waals surface area contributed by atoms with Crippen LogP contribution in [-0.4, -0.2) is 36.0 Å². The second-order valence-electron chi connectivity index (χ2n) is 4.73. The Kier molecular flexibility index (Phi) is 6.19. The number of hydrogen-bond acceptors (Lipinski definition) is 3. The molecule has 96 valence electrons. The highest BCUT2D eigenvalue weighted by Crippen LogP contribution is 2.23. The predicted molar refractivity (Wildman–Crippen MR) is 70.0 cm³/mol. The van der Waals surface area contributed by atoms with Gasteiger partial charge in [0.2, 0.25) is 0 Å². The number of aliphatic hydroxyl groups excluding tert-OH is 2. The number of nitrogens with one attached hydrogen (secondary N) is 1. The normalized spacial score (nSPS) is 13.3. The number of rotatable bonds is 7. The molecule has 0 saturated heterocycles. The Morgan fingerprint density at radius 1 is 1.06 bits per heavy atom. The highest BCUT2D eigenvalue weighted by molar-refractivity contribution is 5.20. The van der Waals surface area contributed by atoms with Crippen molar-refractivity contribution in [1.29, 1.82) is 0 Å². The quantitative estimate of drug-likeness (QED) is 0.671. The van der Waals surface area contributed by atoms with E-state index < -0.39 is 0 Å². The second kappa shape index (κ2) is 7.43. The summed E-state index contributed by atoms with van der Waals surface area (Å²) in [5.74, 6) is 0.916. The van der Waals surface area contributed by atoms with Crippen LogP contribution in [0.4, 0.5) is 0 Å². The molecule has 0 spiro atoms. The molecule has 17 heavy (non-hydrogen) atoms. The van der Waals surface area contributed by atoms with Crippen LogP contribution in [0.25, 0.3) is 0 Å². The van der Waals surface area contributed by atoms with Crippen molar-refractivity contribution in [1.82, 2.24) is 5.32 Å². The van der Waals surface area contributed by atoms with Gasteiger partial charge in [-0.15, -0.1) is 0 Å². The monoisotopic (exact) mass is 237 g/mol. The second-order valence-corrected chi connectivity index (χ2v) is 4.73. The van der Waals surface area contributed by atoms with Crippen molar-refractivity contribution in [3.05, 3.63) is 35.9 Å². The van der Waals surface area contributed by atoms with Gasteiger partial charge >= 0.3 is 0 Å². The molecule has 1 rings (SSSR count). The van der Waals surface area contributed by atoms with Gasteiger partial charge in [-0.1, -0.05) is 44.2 Å². The van der Waals surface area contributed by atoms with Crippen LogP contribution in [0.3, 0.4) is 0 Å². The molecule has 0 saturated carbocycles. The lowest BCUT2D eigenvalue weighted by Crippen LogP contribution is -2.39. The SMILES string of the molecule is CC(C)C(CNC(CO)CO)c1ccccc1. The van der Waals surface area contributed by atoms with E-state index in [1.54, 1.807) is 0 Å². The third-order valence-corrected chi connectivity index (χ3v) is 3.10. The summed E-state index contributed by atoms with van der Waals surface area (Å²) in [5, 5.41) is 21.3. The number of hydrogen-bond donors (Lipinski definition) is 3. The van der Waals surface area contributed by atoms with Gasteiger partial charge in [-0.25, -0.2) is 0 Å². The first-order valence-electron chi connectivity index (χ1n) is 6.19. The first kappa shape index (κ1) is 14.2. The van der Waals surface area contributed by atoms with Crippen molar-refractivity contribution in [3.63, 3.8) is 0 Å². The Morgan fingerprint density at radius 2 is 1.65 bits per heavy atom. The van der Waals surface area contributed by atoms with E-state index >= 15 is 0 Å². The zero-order valence-electron chi connectivity index (χ0n) is 10.6. The van der Waals surface area contributed by atoms with E-state index in [0.29, 0.717) is 11.8 Å². The van der Waals surface area contributed by atoms with Gasteiger partial charge in [0.25, 0.3) is 0 Å². The van der Waals surface area contributed by atoms with Gasteiger partial charge in [0.05, 0.1) is 19.3 Å². The lowest BCUT2D eigenvalue weighted by molar-refractivity contribution is 0.168. The summed E-state index contributed by atoms with van der Waals surface area (Å²) in [6.45, 7) is 5.08. The third-order valence-electron chi connectivity index (χ3n) is 3.10. The summed E-state index contributed by atoms with van der Waals surface area (Å²) in [6, 6.07) is 10.1. The van der Waals surface area contributed by atoms with Crippen LogP contribution in [0.1, 0.15) is 25.3 Å². The molecule has 3 heteroatoms. The van der Waals surface area contributed by atoms with Gasteiger partial charge in [0, 0.05) is 6.54 Å². The van der Waals surface area contributed by atoms with Crippen LogP contribution in [0.15, 0.2) is 30.3 Å². The van der Waals surface area contributed by atoms with Gasteiger partial charge in [-0.05, 0) is 17.4 Å². The molecule has 1 aromatic carbocycles. The van der Waals surface area contributed by atoms with Gasteiger partial charge in [0.1, 0.15) is 0 Å². The Hall–Kier alpha value is -0.900. The Bertz CT molecular complexity index is 296. The van der Waals surface area contributed by atoms with E-state index in [2.05, 4.69) is 31.3 Å². The van der Waals surface area contributed by atoms with E-state index in [1.807, 2.05) is 18.2 Å². The van der Waals surface area contributed by atoms with Crippen molar-refractivity contribution in [3.8, 4) is 0 Å². The van der Waals surface area contributed by atoms with Crippen LogP contribution in [0.5, 0.6) is 0 Å². The molecular formula is C14H23NO2. The fraction of sp³-hybridized carbons (Fsp3) is 0.571. The molecule has 0 heterocycles. The van der Waals surface area contributed by atoms with Gasteiger partial charge in [-0.3, -0.25) is 0 Å². The zero-order chi connectivity index (χ0) is 12.7. The molecule has 0 bridgehead atoms. The van der Waals surface area contributed by atoms with E-state index in [4.69, 9.17) is 10.2 Å². The van der Waals surface area contributed by atoms with Crippen molar-refractivity contribution < 1.29 is 10.2 Å². The van der Waals surface area contributed by atoms with Gasteiger partial charge < -0.3 is 15.5 Å². The van der Waals surface area contributed by atoms with Crippen molar-refractivity contribution in [2.24, 2.45) is 5.92 Å². The van der Waals surface area contributed by atoms with E-state index in [0.717, 1.165) is 6.54 Å². The number of benzene rings is 1. The summed E-state index contributed by atoms with van der Waals surface area (Å²) >= 11 is 0. The first-order valence-corrected chi connectivity index (χ1v) is 6.19. The molecule has 0 fully saturated rings. The molecule has 3 N–H and O–H groups in total. The van der Waals surface area contributed by atoms with Gasteiger partial charge in [-0.2, -0.15) is 0 Å². The van der Waals surface area contributed by atoms with Crippen LogP contribution >= 0.6 is 0 Å². The molecule has 0 aliphatic carbocycles. The number of aliphatic hydroxyl groups is 2. The fourth-order valence-corrected chi connectivity index (χ4v) is 1.92. The molecule has 0 aliphatic heterocycles. The lowest BCUT2D eigenvalue weighted by atomic mass is 9.88. The highest BCUT2D eigenvalue weighted by Gasteiger charge is 2.16. The molecule has 0 aromatic heterocycles.